The summed E-state index contributed by atoms with van der Waals surface area (Å²) >= 11 is 0. The Morgan fingerprint density at radius 3 is 2.35 bits per heavy atom. The number of sulfone groups is 1. The van der Waals surface area contributed by atoms with Crippen LogP contribution in [-0.2, 0) is 16.3 Å². The summed E-state index contributed by atoms with van der Waals surface area (Å²) in [6, 6.07) is 8.29. The minimum atomic E-state index is -3.79. The molecule has 0 aliphatic carbocycles. The molecule has 0 N–H and O–H groups in total. The number of rotatable bonds is 8. The largest absolute Gasteiger partial charge is 0.495 e. The lowest BCUT2D eigenvalue weighted by atomic mass is 10.1. The number of ether oxygens (including phenoxy) is 1. The first kappa shape index (κ1) is 20.4. The van der Waals surface area contributed by atoms with Gasteiger partial charge in [0.15, 0.2) is 0 Å². The Hall–Kier alpha value is -1.92. The first-order valence-electron chi connectivity index (χ1n) is 8.66. The average Bonchev–Trinajstić information content (AvgIpc) is 2.60. The van der Waals surface area contributed by atoms with E-state index >= 15 is 0 Å². The number of methoxy groups -OCH3 is 1. The Balaban J connectivity index is 2.43. The lowest BCUT2D eigenvalue weighted by Crippen LogP contribution is -2.22. The molecule has 0 radical (unpaired) electrons. The van der Waals surface area contributed by atoms with Gasteiger partial charge in [-0.1, -0.05) is 6.92 Å². The summed E-state index contributed by atoms with van der Waals surface area (Å²) < 4.78 is 44.5. The minimum Gasteiger partial charge on any atom is -0.495 e. The fourth-order valence-corrected chi connectivity index (χ4v) is 4.34. The standard InChI is InChI=1S/C20H26FNO3S/c1-5-11-22(3)12-10-16-14-20(19(25-4)13-15(16)2)26(23,24)18-8-6-17(21)7-9-18/h6-9,13-14H,5,10-12H2,1-4H3. The molecule has 2 aromatic rings. The number of aryl methyl sites for hydroxylation is 1. The molecule has 0 fully saturated rings. The zero-order valence-electron chi connectivity index (χ0n) is 15.8. The van der Waals surface area contributed by atoms with Crippen LogP contribution in [0.3, 0.4) is 0 Å². The van der Waals surface area contributed by atoms with Crippen molar-refractivity contribution >= 4 is 9.84 Å². The molecule has 0 heterocycles. The quantitative estimate of drug-likeness (QED) is 0.654. The maximum atomic E-state index is 13.2. The highest BCUT2D eigenvalue weighted by atomic mass is 32.2. The van der Waals surface area contributed by atoms with Crippen LogP contribution >= 0.6 is 0 Å². The van der Waals surface area contributed by atoms with Crippen LogP contribution in [0, 0.1) is 12.7 Å². The fraction of sp³-hybridized carbons (Fsp3) is 0.400. The molecule has 0 spiro atoms. The zero-order chi connectivity index (χ0) is 19.3. The van der Waals surface area contributed by atoms with Crippen LogP contribution in [0.4, 0.5) is 4.39 Å². The highest BCUT2D eigenvalue weighted by Gasteiger charge is 2.23. The predicted molar refractivity (Wildman–Crippen MR) is 101 cm³/mol. The van der Waals surface area contributed by atoms with Crippen LogP contribution < -0.4 is 4.74 Å². The van der Waals surface area contributed by atoms with Crippen LogP contribution in [0.1, 0.15) is 24.5 Å². The molecule has 2 aromatic carbocycles. The van der Waals surface area contributed by atoms with Gasteiger partial charge in [-0.3, -0.25) is 0 Å². The van der Waals surface area contributed by atoms with E-state index in [1.807, 2.05) is 6.92 Å². The highest BCUT2D eigenvalue weighted by Crippen LogP contribution is 2.32. The zero-order valence-corrected chi connectivity index (χ0v) is 16.6. The van der Waals surface area contributed by atoms with Crippen LogP contribution in [0.15, 0.2) is 46.2 Å². The van der Waals surface area contributed by atoms with Crippen molar-refractivity contribution in [3.05, 3.63) is 53.3 Å². The van der Waals surface area contributed by atoms with E-state index in [0.717, 1.165) is 49.2 Å². The molecular weight excluding hydrogens is 353 g/mol. The van der Waals surface area contributed by atoms with Crippen LogP contribution in [0.5, 0.6) is 5.75 Å². The number of likely N-dealkylation sites (N-methyl/N-ethyl adjacent to an activating group) is 1. The minimum absolute atomic E-state index is 0.0510. The Morgan fingerprint density at radius 1 is 1.12 bits per heavy atom. The van der Waals surface area contributed by atoms with Gasteiger partial charge in [-0.05, 0) is 80.9 Å². The average molecular weight is 379 g/mol. The summed E-state index contributed by atoms with van der Waals surface area (Å²) in [5.41, 5.74) is 1.96. The summed E-state index contributed by atoms with van der Waals surface area (Å²) in [5.74, 6) is -0.169. The van der Waals surface area contributed by atoms with Gasteiger partial charge < -0.3 is 9.64 Å². The van der Waals surface area contributed by atoms with Gasteiger partial charge in [0.25, 0.3) is 0 Å². The fourth-order valence-electron chi connectivity index (χ4n) is 2.89. The summed E-state index contributed by atoms with van der Waals surface area (Å²) in [5, 5.41) is 0. The van der Waals surface area contributed by atoms with Crippen LogP contribution in [-0.4, -0.2) is 40.6 Å². The van der Waals surface area contributed by atoms with Gasteiger partial charge in [0.2, 0.25) is 9.84 Å². The molecule has 0 aliphatic rings. The second kappa shape index (κ2) is 8.64. The SMILES string of the molecule is CCCN(C)CCc1cc(S(=O)(=O)c2ccc(F)cc2)c(OC)cc1C. The monoisotopic (exact) mass is 379 g/mol. The van der Waals surface area contributed by atoms with E-state index in [9.17, 15) is 12.8 Å². The summed E-state index contributed by atoms with van der Waals surface area (Å²) in [6.45, 7) is 5.92. The third-order valence-electron chi connectivity index (χ3n) is 4.40. The van der Waals surface area contributed by atoms with Crippen molar-refractivity contribution in [1.82, 2.24) is 4.90 Å². The number of benzene rings is 2. The van der Waals surface area contributed by atoms with E-state index in [0.29, 0.717) is 5.75 Å². The van der Waals surface area contributed by atoms with E-state index in [1.54, 1.807) is 12.1 Å². The van der Waals surface area contributed by atoms with E-state index in [1.165, 1.54) is 19.2 Å². The van der Waals surface area contributed by atoms with E-state index < -0.39 is 15.7 Å². The normalized spacial score (nSPS) is 11.8. The highest BCUT2D eigenvalue weighted by molar-refractivity contribution is 7.91. The molecule has 0 unspecified atom stereocenters. The molecule has 0 bridgehead atoms. The molecule has 0 aromatic heterocycles. The molecule has 142 valence electrons. The van der Waals surface area contributed by atoms with Crippen LogP contribution in [0.2, 0.25) is 0 Å². The number of halogens is 1. The number of hydrogen-bond donors (Lipinski definition) is 0. The lowest BCUT2D eigenvalue weighted by molar-refractivity contribution is 0.338. The van der Waals surface area contributed by atoms with Gasteiger partial charge in [-0.15, -0.1) is 0 Å². The summed E-state index contributed by atoms with van der Waals surface area (Å²) in [7, 11) is -0.286. The Labute approximate surface area is 155 Å². The van der Waals surface area contributed by atoms with Gasteiger partial charge in [-0.25, -0.2) is 12.8 Å². The van der Waals surface area contributed by atoms with Gasteiger partial charge in [0.05, 0.1) is 12.0 Å². The maximum Gasteiger partial charge on any atom is 0.210 e. The molecule has 0 saturated carbocycles. The predicted octanol–water partition coefficient (Wildman–Crippen LogP) is 3.86. The second-order valence-corrected chi connectivity index (χ2v) is 8.36. The molecular formula is C20H26FNO3S. The molecule has 0 amide bonds. The number of hydrogen-bond acceptors (Lipinski definition) is 4. The van der Waals surface area contributed by atoms with E-state index in [4.69, 9.17) is 4.74 Å². The molecule has 26 heavy (non-hydrogen) atoms. The van der Waals surface area contributed by atoms with Crippen molar-refractivity contribution in [2.24, 2.45) is 0 Å². The third kappa shape index (κ3) is 4.62. The van der Waals surface area contributed by atoms with Crippen molar-refractivity contribution in [1.29, 1.82) is 0 Å². The van der Waals surface area contributed by atoms with Gasteiger partial charge in [0.1, 0.15) is 16.5 Å². The maximum absolute atomic E-state index is 13.2. The van der Waals surface area contributed by atoms with Gasteiger partial charge in [0, 0.05) is 6.54 Å². The summed E-state index contributed by atoms with van der Waals surface area (Å²) in [4.78, 5) is 2.39. The van der Waals surface area contributed by atoms with E-state index in [-0.39, 0.29) is 9.79 Å². The molecule has 0 atom stereocenters. The van der Waals surface area contributed by atoms with Gasteiger partial charge in [-0.2, -0.15) is 0 Å². The Bertz CT molecular complexity index is 848. The first-order valence-corrected chi connectivity index (χ1v) is 10.1. The third-order valence-corrected chi connectivity index (χ3v) is 6.19. The van der Waals surface area contributed by atoms with E-state index in [2.05, 4.69) is 18.9 Å². The van der Waals surface area contributed by atoms with Crippen molar-refractivity contribution < 1.29 is 17.5 Å². The van der Waals surface area contributed by atoms with Crippen molar-refractivity contribution in [2.45, 2.75) is 36.5 Å². The first-order chi connectivity index (χ1) is 12.3. The molecule has 2 rings (SSSR count). The topological polar surface area (TPSA) is 46.6 Å². The Kier molecular flexibility index (Phi) is 6.78. The van der Waals surface area contributed by atoms with Crippen molar-refractivity contribution in [3.63, 3.8) is 0 Å². The molecule has 0 saturated heterocycles. The smallest absolute Gasteiger partial charge is 0.210 e. The molecule has 0 aliphatic heterocycles. The van der Waals surface area contributed by atoms with Crippen molar-refractivity contribution in [2.75, 3.05) is 27.2 Å². The van der Waals surface area contributed by atoms with Crippen LogP contribution in [0.25, 0.3) is 0 Å². The second-order valence-electron chi connectivity index (χ2n) is 6.44. The summed E-state index contributed by atoms with van der Waals surface area (Å²) in [6.07, 6.45) is 1.82. The van der Waals surface area contributed by atoms with Gasteiger partial charge >= 0.3 is 0 Å². The Morgan fingerprint density at radius 2 is 1.77 bits per heavy atom. The number of nitrogens with zero attached hydrogens (tertiary/aromatic N) is 1. The lowest BCUT2D eigenvalue weighted by Gasteiger charge is -2.18. The van der Waals surface area contributed by atoms with Crippen molar-refractivity contribution in [3.8, 4) is 5.75 Å². The molecule has 6 heteroatoms. The molecule has 4 nitrogen and oxygen atoms in total.